The van der Waals surface area contributed by atoms with Gasteiger partial charge in [-0.1, -0.05) is 36.4 Å². The van der Waals surface area contributed by atoms with Crippen LogP contribution in [0.4, 0.5) is 0 Å². The number of sulfonamides is 1. The number of benzene rings is 2. The minimum atomic E-state index is -3.83. The van der Waals surface area contributed by atoms with Crippen LogP contribution in [-0.4, -0.2) is 37.8 Å². The van der Waals surface area contributed by atoms with Gasteiger partial charge in [-0.3, -0.25) is 9.59 Å². The average molecular weight is 400 g/mol. The molecule has 0 radical (unpaired) electrons. The smallest absolute Gasteiger partial charge is 0.321 e. The van der Waals surface area contributed by atoms with E-state index in [4.69, 9.17) is 4.74 Å². The Kier molecular flexibility index (Phi) is 5.62. The molecule has 146 valence electrons. The molecule has 3 aromatic rings. The Morgan fingerprint density at radius 3 is 2.43 bits per heavy atom. The van der Waals surface area contributed by atoms with Crippen molar-refractivity contribution in [1.29, 1.82) is 0 Å². The van der Waals surface area contributed by atoms with Gasteiger partial charge in [0.25, 0.3) is 0 Å². The third-order valence-corrected chi connectivity index (χ3v) is 5.69. The first-order valence-electron chi connectivity index (χ1n) is 8.65. The highest BCUT2D eigenvalue weighted by Gasteiger charge is 2.25. The fourth-order valence-corrected chi connectivity index (χ4v) is 3.92. The van der Waals surface area contributed by atoms with Gasteiger partial charge in [-0.2, -0.15) is 4.72 Å². The number of aryl methyl sites for hydroxylation is 1. The molecule has 7 nitrogen and oxygen atoms in total. The van der Waals surface area contributed by atoms with Crippen molar-refractivity contribution in [3.05, 3.63) is 65.9 Å². The van der Waals surface area contributed by atoms with Gasteiger partial charge in [0.1, 0.15) is 6.54 Å². The zero-order chi connectivity index (χ0) is 20.3. The Balaban J connectivity index is 1.65. The largest absolute Gasteiger partial charge is 0.453 e. The zero-order valence-corrected chi connectivity index (χ0v) is 16.2. The number of fused-ring (bicyclic) bond motifs is 1. The Hall–Kier alpha value is -2.97. The molecule has 1 aromatic heterocycles. The highest BCUT2D eigenvalue weighted by atomic mass is 32.2. The first-order chi connectivity index (χ1) is 13.3. The quantitative estimate of drug-likeness (QED) is 0.468. The van der Waals surface area contributed by atoms with Crippen molar-refractivity contribution in [2.24, 2.45) is 0 Å². The maximum absolute atomic E-state index is 12.8. The standard InChI is InChI=1S/C20H20N2O5S/c1-13-19(16-10-6-7-11-17(16)22-13)20(24)14(2)27-18(23)12-21-28(25,26)15-8-4-3-5-9-15/h3-11,14,21-22H,12H2,1-2H3/t14-/m1/s1. The van der Waals surface area contributed by atoms with Crippen LogP contribution in [0.5, 0.6) is 0 Å². The number of carbonyl (C=O) groups is 2. The van der Waals surface area contributed by atoms with E-state index in [9.17, 15) is 18.0 Å². The van der Waals surface area contributed by atoms with Gasteiger partial charge >= 0.3 is 5.97 Å². The van der Waals surface area contributed by atoms with Gasteiger partial charge in [0.15, 0.2) is 6.10 Å². The van der Waals surface area contributed by atoms with Crippen LogP contribution in [-0.2, 0) is 19.6 Å². The first-order valence-corrected chi connectivity index (χ1v) is 10.1. The number of rotatable bonds is 7. The van der Waals surface area contributed by atoms with Crippen LogP contribution in [0, 0.1) is 6.92 Å². The molecular weight excluding hydrogens is 380 g/mol. The number of Topliss-reactive ketones (excluding diaryl/α,β-unsaturated/α-hetero) is 1. The van der Waals surface area contributed by atoms with E-state index in [1.165, 1.54) is 19.1 Å². The predicted octanol–water partition coefficient (Wildman–Crippen LogP) is 2.57. The molecular formula is C20H20N2O5S. The summed E-state index contributed by atoms with van der Waals surface area (Å²) in [5.41, 5.74) is 1.96. The molecule has 0 aliphatic heterocycles. The summed E-state index contributed by atoms with van der Waals surface area (Å²) in [6.45, 7) is 2.67. The van der Waals surface area contributed by atoms with E-state index < -0.39 is 28.6 Å². The number of ether oxygens (including phenoxy) is 1. The number of carbonyl (C=O) groups excluding carboxylic acids is 2. The lowest BCUT2D eigenvalue weighted by molar-refractivity contribution is -0.144. The molecule has 0 amide bonds. The van der Waals surface area contributed by atoms with Crippen LogP contribution in [0.25, 0.3) is 10.9 Å². The molecule has 0 saturated heterocycles. The Labute approximate surface area is 162 Å². The SMILES string of the molecule is Cc1[nH]c2ccccc2c1C(=O)[C@@H](C)OC(=O)CNS(=O)(=O)c1ccccc1. The van der Waals surface area contributed by atoms with Crippen LogP contribution in [0.15, 0.2) is 59.5 Å². The number of ketones is 1. The summed E-state index contributed by atoms with van der Waals surface area (Å²) in [5.74, 6) is -1.19. The van der Waals surface area contributed by atoms with Crippen LogP contribution in [0.2, 0.25) is 0 Å². The maximum Gasteiger partial charge on any atom is 0.321 e. The number of esters is 1. The van der Waals surface area contributed by atoms with E-state index in [1.54, 1.807) is 25.1 Å². The third kappa shape index (κ3) is 4.13. The lowest BCUT2D eigenvalue weighted by Crippen LogP contribution is -2.34. The van der Waals surface area contributed by atoms with Crippen molar-refractivity contribution < 1.29 is 22.7 Å². The first kappa shape index (κ1) is 19.8. The molecule has 0 bridgehead atoms. The fraction of sp³-hybridized carbons (Fsp3) is 0.200. The predicted molar refractivity (Wildman–Crippen MR) is 105 cm³/mol. The second kappa shape index (κ2) is 7.95. The third-order valence-electron chi connectivity index (χ3n) is 4.28. The molecule has 0 aliphatic rings. The number of aromatic nitrogens is 1. The normalized spacial score (nSPS) is 12.6. The number of H-pyrrole nitrogens is 1. The van der Waals surface area contributed by atoms with Gasteiger partial charge < -0.3 is 9.72 Å². The summed E-state index contributed by atoms with van der Waals surface area (Å²) < 4.78 is 31.6. The van der Waals surface area contributed by atoms with E-state index >= 15 is 0 Å². The minimum absolute atomic E-state index is 0.0429. The molecule has 8 heteroatoms. The second-order valence-electron chi connectivity index (χ2n) is 6.30. The van der Waals surface area contributed by atoms with Crippen molar-refractivity contribution in [2.45, 2.75) is 24.8 Å². The molecule has 1 atom stereocenters. The van der Waals surface area contributed by atoms with Gasteiger partial charge in [-0.25, -0.2) is 8.42 Å². The number of hydrogen-bond donors (Lipinski definition) is 2. The van der Waals surface area contributed by atoms with E-state index in [0.717, 1.165) is 10.9 Å². The minimum Gasteiger partial charge on any atom is -0.453 e. The fourth-order valence-electron chi connectivity index (χ4n) is 2.93. The van der Waals surface area contributed by atoms with E-state index in [0.29, 0.717) is 11.3 Å². The number of nitrogens with one attached hydrogen (secondary N) is 2. The summed E-state index contributed by atoms with van der Waals surface area (Å²) in [6, 6.07) is 15.0. The van der Waals surface area contributed by atoms with Gasteiger partial charge in [-0.15, -0.1) is 0 Å². The monoisotopic (exact) mass is 400 g/mol. The van der Waals surface area contributed by atoms with E-state index in [1.807, 2.05) is 24.3 Å². The van der Waals surface area contributed by atoms with Gasteiger partial charge in [0.05, 0.1) is 4.90 Å². The molecule has 2 N–H and O–H groups in total. The van der Waals surface area contributed by atoms with Crippen molar-refractivity contribution in [2.75, 3.05) is 6.54 Å². The van der Waals surface area contributed by atoms with Gasteiger partial charge in [-0.05, 0) is 32.0 Å². The van der Waals surface area contributed by atoms with Crippen LogP contribution in [0.3, 0.4) is 0 Å². The van der Waals surface area contributed by atoms with Gasteiger partial charge in [0, 0.05) is 22.2 Å². The molecule has 0 spiro atoms. The lowest BCUT2D eigenvalue weighted by Gasteiger charge is -2.13. The van der Waals surface area contributed by atoms with Crippen molar-refractivity contribution in [3.8, 4) is 0 Å². The Morgan fingerprint density at radius 1 is 1.07 bits per heavy atom. The zero-order valence-electron chi connectivity index (χ0n) is 15.4. The molecule has 28 heavy (non-hydrogen) atoms. The highest BCUT2D eigenvalue weighted by Crippen LogP contribution is 2.23. The summed E-state index contributed by atoms with van der Waals surface area (Å²) in [5, 5.41) is 0.748. The molecule has 0 aliphatic carbocycles. The second-order valence-corrected chi connectivity index (χ2v) is 8.07. The van der Waals surface area contributed by atoms with Gasteiger partial charge in [0.2, 0.25) is 15.8 Å². The summed E-state index contributed by atoms with van der Waals surface area (Å²) >= 11 is 0. The van der Waals surface area contributed by atoms with Crippen molar-refractivity contribution in [3.63, 3.8) is 0 Å². The summed E-state index contributed by atoms with van der Waals surface area (Å²) in [4.78, 5) is 28.0. The molecule has 1 heterocycles. The molecule has 2 aromatic carbocycles. The van der Waals surface area contributed by atoms with Crippen LogP contribution in [0.1, 0.15) is 23.0 Å². The molecule has 0 saturated carbocycles. The van der Waals surface area contributed by atoms with Crippen molar-refractivity contribution >= 4 is 32.7 Å². The lowest BCUT2D eigenvalue weighted by atomic mass is 10.0. The maximum atomic E-state index is 12.8. The van der Waals surface area contributed by atoms with E-state index in [2.05, 4.69) is 9.71 Å². The number of para-hydroxylation sites is 1. The van der Waals surface area contributed by atoms with Crippen LogP contribution < -0.4 is 4.72 Å². The Bertz CT molecular complexity index is 1120. The highest BCUT2D eigenvalue weighted by molar-refractivity contribution is 7.89. The topological polar surface area (TPSA) is 105 Å². The number of hydrogen-bond acceptors (Lipinski definition) is 5. The average Bonchev–Trinajstić information content (AvgIpc) is 3.02. The van der Waals surface area contributed by atoms with E-state index in [-0.39, 0.29) is 10.7 Å². The molecule has 3 rings (SSSR count). The summed E-state index contributed by atoms with van der Waals surface area (Å²) in [6.07, 6.45) is -1.05. The van der Waals surface area contributed by atoms with Crippen molar-refractivity contribution in [1.82, 2.24) is 9.71 Å². The molecule has 0 unspecified atom stereocenters. The molecule has 0 fully saturated rings. The van der Waals surface area contributed by atoms with Crippen LogP contribution >= 0.6 is 0 Å². The summed E-state index contributed by atoms with van der Waals surface area (Å²) in [7, 11) is -3.83. The number of aromatic amines is 1. The Morgan fingerprint density at radius 2 is 1.71 bits per heavy atom.